The maximum Gasteiger partial charge on any atom is 0.280 e. The zero-order chi connectivity index (χ0) is 17.4. The first-order chi connectivity index (χ1) is 12.1. The Hall–Kier alpha value is -2.59. The van der Waals surface area contributed by atoms with Gasteiger partial charge >= 0.3 is 0 Å². The molecular formula is C20H18ClN3O. The molecule has 25 heavy (non-hydrogen) atoms. The van der Waals surface area contributed by atoms with E-state index in [0.29, 0.717) is 16.6 Å². The van der Waals surface area contributed by atoms with Crippen molar-refractivity contribution in [1.29, 1.82) is 0 Å². The smallest absolute Gasteiger partial charge is 0.280 e. The van der Waals surface area contributed by atoms with Crippen LogP contribution < -0.4 is 5.56 Å². The van der Waals surface area contributed by atoms with Crippen LogP contribution in [0.2, 0.25) is 5.02 Å². The Morgan fingerprint density at radius 3 is 2.44 bits per heavy atom. The molecular weight excluding hydrogens is 334 g/mol. The average molecular weight is 352 g/mol. The van der Waals surface area contributed by atoms with Crippen molar-refractivity contribution in [3.8, 4) is 5.69 Å². The summed E-state index contributed by atoms with van der Waals surface area (Å²) < 4.78 is 1.57. The number of hydrogen-bond donors (Lipinski definition) is 1. The summed E-state index contributed by atoms with van der Waals surface area (Å²) in [6.45, 7) is 1.91. The number of nitrogens with zero attached hydrogens (tertiary/aromatic N) is 2. The second kappa shape index (κ2) is 6.37. The van der Waals surface area contributed by atoms with Crippen LogP contribution >= 0.6 is 11.6 Å². The molecule has 2 aromatic carbocycles. The van der Waals surface area contributed by atoms with Crippen molar-refractivity contribution >= 4 is 17.3 Å². The second-order valence-corrected chi connectivity index (χ2v) is 6.74. The number of benzene rings is 2. The Morgan fingerprint density at radius 1 is 1.12 bits per heavy atom. The van der Waals surface area contributed by atoms with E-state index in [1.807, 2.05) is 61.5 Å². The third-order valence-corrected chi connectivity index (χ3v) is 4.55. The molecule has 4 rings (SSSR count). The van der Waals surface area contributed by atoms with Crippen LogP contribution in [-0.2, 0) is 0 Å². The standard InChI is InChI=1S/C20H18ClN3O/c1-13-18(20(25)24(23-13)17-5-3-2-4-6-17)19(22-16-11-12-16)14-7-9-15(21)10-8-14/h2-10,16,23H,11-12H2,1H3. The minimum absolute atomic E-state index is 0.0851. The lowest BCUT2D eigenvalue weighted by molar-refractivity contribution is 0.835. The molecule has 1 heterocycles. The zero-order valence-electron chi connectivity index (χ0n) is 13.9. The van der Waals surface area contributed by atoms with Gasteiger partial charge in [-0.3, -0.25) is 14.9 Å². The Bertz CT molecular complexity index is 980. The summed E-state index contributed by atoms with van der Waals surface area (Å²) in [7, 11) is 0. The molecule has 1 saturated carbocycles. The third kappa shape index (κ3) is 3.17. The molecule has 1 fully saturated rings. The van der Waals surface area contributed by atoms with Gasteiger partial charge in [-0.05, 0) is 44.0 Å². The summed E-state index contributed by atoms with van der Waals surface area (Å²) in [6.07, 6.45) is 2.15. The normalized spacial score (nSPS) is 14.7. The van der Waals surface area contributed by atoms with E-state index in [1.165, 1.54) is 0 Å². The minimum atomic E-state index is -0.0851. The summed E-state index contributed by atoms with van der Waals surface area (Å²) in [6, 6.07) is 17.4. The molecule has 0 amide bonds. The van der Waals surface area contributed by atoms with Gasteiger partial charge in [0.1, 0.15) is 0 Å². The maximum absolute atomic E-state index is 13.1. The van der Waals surface area contributed by atoms with Gasteiger partial charge in [0.25, 0.3) is 5.56 Å². The number of rotatable bonds is 4. The Labute approximate surface area is 150 Å². The van der Waals surface area contributed by atoms with Crippen LogP contribution in [0, 0.1) is 6.92 Å². The predicted octanol–water partition coefficient (Wildman–Crippen LogP) is 4.13. The molecule has 0 saturated heterocycles. The van der Waals surface area contributed by atoms with E-state index in [1.54, 1.807) is 4.68 Å². The summed E-state index contributed by atoms with van der Waals surface area (Å²) >= 11 is 6.02. The lowest BCUT2D eigenvalue weighted by Crippen LogP contribution is -2.21. The van der Waals surface area contributed by atoms with Crippen molar-refractivity contribution in [1.82, 2.24) is 9.78 Å². The van der Waals surface area contributed by atoms with Crippen LogP contribution in [0.25, 0.3) is 5.69 Å². The van der Waals surface area contributed by atoms with Crippen molar-refractivity contribution in [3.63, 3.8) is 0 Å². The van der Waals surface area contributed by atoms with Gasteiger partial charge in [-0.1, -0.05) is 41.9 Å². The largest absolute Gasteiger partial charge is 0.295 e. The Morgan fingerprint density at radius 2 is 1.80 bits per heavy atom. The topological polar surface area (TPSA) is 50.1 Å². The van der Waals surface area contributed by atoms with Crippen molar-refractivity contribution in [2.24, 2.45) is 4.99 Å². The van der Waals surface area contributed by atoms with Crippen LogP contribution in [0.4, 0.5) is 0 Å². The summed E-state index contributed by atoms with van der Waals surface area (Å²) in [5, 5.41) is 3.85. The molecule has 5 heteroatoms. The van der Waals surface area contributed by atoms with E-state index in [0.717, 1.165) is 35.5 Å². The highest BCUT2D eigenvalue weighted by molar-refractivity contribution is 6.30. The van der Waals surface area contributed by atoms with Crippen LogP contribution in [0.15, 0.2) is 64.4 Å². The van der Waals surface area contributed by atoms with Gasteiger partial charge in [0.15, 0.2) is 0 Å². The van der Waals surface area contributed by atoms with Gasteiger partial charge in [-0.2, -0.15) is 0 Å². The molecule has 1 aliphatic carbocycles. The first-order valence-corrected chi connectivity index (χ1v) is 8.72. The van der Waals surface area contributed by atoms with Crippen molar-refractivity contribution < 1.29 is 0 Å². The van der Waals surface area contributed by atoms with Crippen molar-refractivity contribution in [3.05, 3.63) is 86.8 Å². The zero-order valence-corrected chi connectivity index (χ0v) is 14.6. The molecule has 1 aromatic heterocycles. The van der Waals surface area contributed by atoms with Gasteiger partial charge in [-0.15, -0.1) is 0 Å². The summed E-state index contributed by atoms with van der Waals surface area (Å²) in [5.41, 5.74) is 3.81. The molecule has 126 valence electrons. The lowest BCUT2D eigenvalue weighted by Gasteiger charge is -2.06. The fourth-order valence-electron chi connectivity index (χ4n) is 2.86. The highest BCUT2D eigenvalue weighted by Crippen LogP contribution is 2.26. The van der Waals surface area contributed by atoms with Gasteiger partial charge in [0.2, 0.25) is 0 Å². The maximum atomic E-state index is 13.1. The number of para-hydroxylation sites is 1. The molecule has 1 N–H and O–H groups in total. The van der Waals surface area contributed by atoms with Crippen LogP contribution in [0.5, 0.6) is 0 Å². The fraction of sp³-hybridized carbons (Fsp3) is 0.200. The molecule has 0 unspecified atom stereocenters. The summed E-state index contributed by atoms with van der Waals surface area (Å²) in [4.78, 5) is 17.9. The number of aliphatic imine (C=N–C) groups is 1. The first kappa shape index (κ1) is 15.9. The SMILES string of the molecule is Cc1[nH]n(-c2ccccc2)c(=O)c1C(=NC1CC1)c1ccc(Cl)cc1. The number of hydrogen-bond acceptors (Lipinski definition) is 2. The number of halogens is 1. The molecule has 1 aliphatic rings. The number of aromatic nitrogens is 2. The van der Waals surface area contributed by atoms with E-state index >= 15 is 0 Å². The third-order valence-electron chi connectivity index (χ3n) is 4.30. The van der Waals surface area contributed by atoms with E-state index in [4.69, 9.17) is 16.6 Å². The number of H-pyrrole nitrogens is 1. The monoisotopic (exact) mass is 351 g/mol. The van der Waals surface area contributed by atoms with E-state index in [-0.39, 0.29) is 5.56 Å². The molecule has 0 spiro atoms. The highest BCUT2D eigenvalue weighted by Gasteiger charge is 2.25. The number of aromatic amines is 1. The van der Waals surface area contributed by atoms with Gasteiger partial charge in [0, 0.05) is 16.3 Å². The average Bonchev–Trinajstić information content (AvgIpc) is 3.39. The highest BCUT2D eigenvalue weighted by atomic mass is 35.5. The summed E-state index contributed by atoms with van der Waals surface area (Å²) in [5.74, 6) is 0. The van der Waals surface area contributed by atoms with Crippen molar-refractivity contribution in [2.45, 2.75) is 25.8 Å². The minimum Gasteiger partial charge on any atom is -0.295 e. The van der Waals surface area contributed by atoms with E-state index < -0.39 is 0 Å². The molecule has 0 aliphatic heterocycles. The van der Waals surface area contributed by atoms with Crippen LogP contribution in [-0.4, -0.2) is 21.5 Å². The second-order valence-electron chi connectivity index (χ2n) is 6.30. The Kier molecular flexibility index (Phi) is 4.06. The molecule has 4 nitrogen and oxygen atoms in total. The van der Waals surface area contributed by atoms with Gasteiger partial charge in [0.05, 0.1) is 23.0 Å². The van der Waals surface area contributed by atoms with E-state index in [2.05, 4.69) is 5.10 Å². The number of aryl methyl sites for hydroxylation is 1. The fourth-order valence-corrected chi connectivity index (χ4v) is 2.99. The van der Waals surface area contributed by atoms with E-state index in [9.17, 15) is 4.79 Å². The van der Waals surface area contributed by atoms with Gasteiger partial charge in [-0.25, -0.2) is 4.68 Å². The molecule has 3 aromatic rings. The molecule has 0 atom stereocenters. The lowest BCUT2D eigenvalue weighted by atomic mass is 10.0. The predicted molar refractivity (Wildman–Crippen MR) is 101 cm³/mol. The van der Waals surface area contributed by atoms with Crippen molar-refractivity contribution in [2.75, 3.05) is 0 Å². The molecule has 0 radical (unpaired) electrons. The first-order valence-electron chi connectivity index (χ1n) is 8.34. The molecule has 0 bridgehead atoms. The Balaban J connectivity index is 1.87. The number of nitrogens with one attached hydrogen (secondary N) is 1. The quantitative estimate of drug-likeness (QED) is 0.706. The van der Waals surface area contributed by atoms with Crippen LogP contribution in [0.1, 0.15) is 29.7 Å². The van der Waals surface area contributed by atoms with Crippen LogP contribution in [0.3, 0.4) is 0 Å². The van der Waals surface area contributed by atoms with Gasteiger partial charge < -0.3 is 0 Å².